The Morgan fingerprint density at radius 3 is 2.12 bits per heavy atom. The van der Waals surface area contributed by atoms with Gasteiger partial charge in [0, 0.05) is 12.5 Å². The molecule has 3 aromatic rings. The number of likely N-dealkylation sites (tertiary alicyclic amines) is 1. The van der Waals surface area contributed by atoms with E-state index < -0.39 is 98.2 Å². The third kappa shape index (κ3) is 4.90. The molecule has 272 valence electrons. The topological polar surface area (TPSA) is 124 Å². The number of allylic oxidation sites excluding steroid dienone is 2. The Hall–Kier alpha value is -3.96. The highest BCUT2D eigenvalue weighted by Gasteiger charge is 2.77. The second kappa shape index (κ2) is 12.6. The first-order valence-electron chi connectivity index (χ1n) is 15.7. The summed E-state index contributed by atoms with van der Waals surface area (Å²) in [6.07, 6.45) is 1.15. The van der Waals surface area contributed by atoms with Crippen LogP contribution in [0.15, 0.2) is 48.0 Å². The summed E-state index contributed by atoms with van der Waals surface area (Å²) in [6, 6.07) is 8.82. The summed E-state index contributed by atoms with van der Waals surface area (Å²) < 4.78 is 79.0. The van der Waals surface area contributed by atoms with Crippen LogP contribution in [0.3, 0.4) is 0 Å². The van der Waals surface area contributed by atoms with Crippen molar-refractivity contribution in [3.63, 3.8) is 0 Å². The Balaban J connectivity index is 1.38. The lowest BCUT2D eigenvalue weighted by atomic mass is 9.56. The Labute approximate surface area is 315 Å². The van der Waals surface area contributed by atoms with Gasteiger partial charge in [0.05, 0.1) is 22.5 Å². The number of methoxy groups -OCH3 is 1. The van der Waals surface area contributed by atoms with Gasteiger partial charge in [0.25, 0.3) is 11.8 Å². The Kier molecular flexibility index (Phi) is 8.80. The molecular formula is C35H24Cl2F5IN2O7. The van der Waals surface area contributed by atoms with Gasteiger partial charge in [-0.05, 0) is 83.2 Å². The number of phenols is 2. The summed E-state index contributed by atoms with van der Waals surface area (Å²) in [5.74, 6) is -21.7. The fourth-order valence-corrected chi connectivity index (χ4v) is 9.61. The molecule has 4 amide bonds. The monoisotopic (exact) mass is 876 g/mol. The van der Waals surface area contributed by atoms with Gasteiger partial charge in [0.15, 0.2) is 44.5 Å². The maximum atomic E-state index is 15.3. The van der Waals surface area contributed by atoms with Crippen LogP contribution in [0.25, 0.3) is 0 Å². The summed E-state index contributed by atoms with van der Waals surface area (Å²) in [5.41, 5.74) is -0.803. The molecular weight excluding hydrogens is 853 g/mol. The molecule has 3 fully saturated rings. The lowest BCUT2D eigenvalue weighted by Gasteiger charge is -2.50. The van der Waals surface area contributed by atoms with Crippen LogP contribution in [-0.4, -0.2) is 62.1 Å². The number of hydrogen-bond donors (Lipinski definition) is 2. The van der Waals surface area contributed by atoms with E-state index in [0.717, 1.165) is 10.5 Å². The number of aromatic hydroxyl groups is 2. The van der Waals surface area contributed by atoms with E-state index in [1.807, 2.05) is 0 Å². The fourth-order valence-electron chi connectivity index (χ4n) is 8.05. The van der Waals surface area contributed by atoms with Crippen LogP contribution in [0.4, 0.5) is 27.6 Å². The predicted octanol–water partition coefficient (Wildman–Crippen LogP) is 6.21. The number of amides is 4. The molecule has 4 aliphatic rings. The van der Waals surface area contributed by atoms with E-state index in [0.29, 0.717) is 0 Å². The number of imide groups is 2. The van der Waals surface area contributed by atoms with Crippen molar-refractivity contribution in [1.82, 2.24) is 4.90 Å². The third-order valence-corrected chi connectivity index (χ3v) is 12.7. The van der Waals surface area contributed by atoms with Gasteiger partial charge in [-0.25, -0.2) is 26.9 Å². The average Bonchev–Trinajstić information content (AvgIpc) is 3.45. The van der Waals surface area contributed by atoms with Crippen molar-refractivity contribution in [2.75, 3.05) is 18.6 Å². The SMILES string of the molecule is COc1cc([C@H]2C3=CC[C@@H]4C(=O)N(CCc5ccc(O)cc5)C(=O)[C@@H]4[C@@H]3C[C@@]3(Cl)C(=O)N(c4c(F)c(F)c(F)c(F)c4F)C(=O)[C@@]23Cl)cc(I)c1O. The van der Waals surface area contributed by atoms with Crippen LogP contribution in [-0.2, 0) is 25.6 Å². The van der Waals surface area contributed by atoms with Crippen LogP contribution >= 0.6 is 45.8 Å². The molecule has 0 bridgehead atoms. The summed E-state index contributed by atoms with van der Waals surface area (Å²) >= 11 is 16.1. The molecule has 0 spiro atoms. The van der Waals surface area contributed by atoms with Crippen LogP contribution in [0, 0.1) is 50.4 Å². The lowest BCUT2D eigenvalue weighted by Crippen LogP contribution is -2.60. The summed E-state index contributed by atoms with van der Waals surface area (Å²) in [5, 5.41) is 20.2. The molecule has 2 heterocycles. The Morgan fingerprint density at radius 2 is 1.50 bits per heavy atom. The minimum Gasteiger partial charge on any atom is -0.508 e. The van der Waals surface area contributed by atoms with Crippen LogP contribution in [0.5, 0.6) is 17.2 Å². The van der Waals surface area contributed by atoms with Crippen molar-refractivity contribution in [3.05, 3.63) is 91.8 Å². The highest BCUT2D eigenvalue weighted by molar-refractivity contribution is 14.1. The molecule has 6 atom stereocenters. The molecule has 9 nitrogen and oxygen atoms in total. The van der Waals surface area contributed by atoms with Crippen molar-refractivity contribution in [2.24, 2.45) is 17.8 Å². The molecule has 1 saturated carbocycles. The van der Waals surface area contributed by atoms with Gasteiger partial charge in [0.1, 0.15) is 11.4 Å². The predicted molar refractivity (Wildman–Crippen MR) is 182 cm³/mol. The van der Waals surface area contributed by atoms with Gasteiger partial charge in [0.2, 0.25) is 17.6 Å². The summed E-state index contributed by atoms with van der Waals surface area (Å²) in [6.45, 7) is -0.0365. The van der Waals surface area contributed by atoms with Gasteiger partial charge in [-0.1, -0.05) is 23.8 Å². The molecule has 2 N–H and O–H groups in total. The van der Waals surface area contributed by atoms with Gasteiger partial charge in [-0.15, -0.1) is 23.2 Å². The number of phenolic OH excluding ortho intramolecular Hbond substituents is 2. The molecule has 0 aromatic heterocycles. The lowest BCUT2D eigenvalue weighted by molar-refractivity contribution is -0.140. The second-order valence-corrected chi connectivity index (χ2v) is 15.4. The first kappa shape index (κ1) is 36.4. The summed E-state index contributed by atoms with van der Waals surface area (Å²) in [4.78, 5) is 52.1. The number of fused-ring (bicyclic) bond motifs is 4. The van der Waals surface area contributed by atoms with E-state index in [4.69, 9.17) is 27.9 Å². The second-order valence-electron chi connectivity index (χ2n) is 13.0. The highest BCUT2D eigenvalue weighted by atomic mass is 127. The number of alkyl halides is 2. The molecule has 2 saturated heterocycles. The minimum absolute atomic E-state index is 0.0225. The quantitative estimate of drug-likeness (QED) is 0.0575. The standard InChI is InChI=1S/C35H24Cl2F5IN2O7/c1-52-20-11-14(10-19(43)29(20)47)22-16-6-7-17-21(31(49)44(30(17)48)9-8-13-2-4-15(46)5-3-13)18(16)12-34(36)32(50)45(33(51)35(22,34)37)28-26(41)24(39)23(38)25(40)27(28)42/h2-6,10-11,17-18,21-22,46-47H,7-9,12H2,1H3/t17-,18+,21-,22-,34+,35-/m0/s1. The van der Waals surface area contributed by atoms with E-state index in [1.165, 1.54) is 31.4 Å². The zero-order chi connectivity index (χ0) is 37.8. The van der Waals surface area contributed by atoms with E-state index >= 15 is 8.78 Å². The Morgan fingerprint density at radius 1 is 0.885 bits per heavy atom. The fraction of sp³-hybridized carbons (Fsp3) is 0.314. The first-order chi connectivity index (χ1) is 24.5. The first-order valence-corrected chi connectivity index (χ1v) is 17.5. The van der Waals surface area contributed by atoms with Gasteiger partial charge < -0.3 is 14.9 Å². The number of benzene rings is 3. The molecule has 7 rings (SSSR count). The van der Waals surface area contributed by atoms with Crippen molar-refractivity contribution in [1.29, 1.82) is 0 Å². The van der Waals surface area contributed by atoms with Gasteiger partial charge in [-0.2, -0.15) is 0 Å². The maximum absolute atomic E-state index is 15.3. The maximum Gasteiger partial charge on any atom is 0.258 e. The molecule has 52 heavy (non-hydrogen) atoms. The number of ether oxygens (including phenoxy) is 1. The molecule has 17 heteroatoms. The highest BCUT2D eigenvalue weighted by Crippen LogP contribution is 2.66. The van der Waals surface area contributed by atoms with Crippen molar-refractivity contribution >= 4 is 75.1 Å². The molecule has 3 aromatic carbocycles. The van der Waals surface area contributed by atoms with Gasteiger partial charge >= 0.3 is 0 Å². The summed E-state index contributed by atoms with van der Waals surface area (Å²) in [7, 11) is 1.23. The third-order valence-electron chi connectivity index (χ3n) is 10.5. The number of halogens is 8. The number of nitrogens with zero attached hydrogens (tertiary/aromatic N) is 2. The van der Waals surface area contributed by atoms with Crippen molar-refractivity contribution in [2.45, 2.75) is 34.9 Å². The molecule has 2 aliphatic heterocycles. The molecule has 0 unspecified atom stereocenters. The number of carbonyl (C=O) groups excluding carboxylic acids is 4. The van der Waals surface area contributed by atoms with Crippen LogP contribution in [0.1, 0.15) is 29.9 Å². The van der Waals surface area contributed by atoms with E-state index in [-0.39, 0.29) is 56.2 Å². The van der Waals surface area contributed by atoms with Crippen LogP contribution < -0.4 is 9.64 Å². The molecule has 2 aliphatic carbocycles. The van der Waals surface area contributed by atoms with Crippen molar-refractivity contribution in [3.8, 4) is 17.2 Å². The molecule has 0 radical (unpaired) electrons. The number of anilines is 1. The van der Waals surface area contributed by atoms with Crippen LogP contribution in [0.2, 0.25) is 0 Å². The number of carbonyl (C=O) groups is 4. The van der Waals surface area contributed by atoms with E-state index in [2.05, 4.69) is 0 Å². The van der Waals surface area contributed by atoms with Crippen molar-refractivity contribution < 1.29 is 56.1 Å². The largest absolute Gasteiger partial charge is 0.508 e. The number of rotatable bonds is 6. The van der Waals surface area contributed by atoms with E-state index in [9.17, 15) is 42.6 Å². The smallest absolute Gasteiger partial charge is 0.258 e. The Bertz CT molecular complexity index is 2130. The average molecular weight is 877 g/mol. The normalized spacial score (nSPS) is 28.2. The number of hydrogen-bond acceptors (Lipinski definition) is 7. The zero-order valence-electron chi connectivity index (χ0n) is 26.5. The minimum atomic E-state index is -2.71. The van der Waals surface area contributed by atoms with E-state index in [1.54, 1.807) is 40.8 Å². The van der Waals surface area contributed by atoms with Gasteiger partial charge in [-0.3, -0.25) is 24.1 Å². The zero-order valence-corrected chi connectivity index (χ0v) is 30.2.